The zero-order valence-corrected chi connectivity index (χ0v) is 11.5. The second-order valence-electron chi connectivity index (χ2n) is 5.04. The van der Waals surface area contributed by atoms with Gasteiger partial charge >= 0.3 is 0 Å². The molecule has 2 atom stereocenters. The lowest BCUT2D eigenvalue weighted by Gasteiger charge is -2.30. The highest BCUT2D eigenvalue weighted by atomic mass is 16.5. The minimum Gasteiger partial charge on any atom is -0.507 e. The molecule has 1 aromatic rings. The lowest BCUT2D eigenvalue weighted by molar-refractivity contribution is 0.185. The fourth-order valence-corrected chi connectivity index (χ4v) is 2.99. The van der Waals surface area contributed by atoms with E-state index in [1.165, 1.54) is 19.3 Å². The first-order chi connectivity index (χ1) is 8.67. The predicted molar refractivity (Wildman–Crippen MR) is 73.1 cm³/mol. The van der Waals surface area contributed by atoms with Gasteiger partial charge < -0.3 is 9.84 Å². The van der Waals surface area contributed by atoms with E-state index in [4.69, 9.17) is 4.74 Å². The van der Waals surface area contributed by atoms with Crippen molar-refractivity contribution in [2.45, 2.75) is 45.2 Å². The summed E-state index contributed by atoms with van der Waals surface area (Å²) in [6.07, 6.45) is 3.72. The zero-order valence-electron chi connectivity index (χ0n) is 11.5. The molecule has 100 valence electrons. The third kappa shape index (κ3) is 2.46. The summed E-state index contributed by atoms with van der Waals surface area (Å²) in [6.45, 7) is 5.55. The van der Waals surface area contributed by atoms with Crippen LogP contribution < -0.4 is 4.74 Å². The number of nitrogens with zero attached hydrogens (tertiary/aromatic N) is 1. The fraction of sp³-hybridized carbons (Fsp3) is 0.600. The Morgan fingerprint density at radius 2 is 2.28 bits per heavy atom. The Morgan fingerprint density at radius 1 is 1.50 bits per heavy atom. The van der Waals surface area contributed by atoms with Gasteiger partial charge in [0.05, 0.1) is 7.11 Å². The Bertz CT molecular complexity index is 405. The van der Waals surface area contributed by atoms with Crippen LogP contribution in [0.25, 0.3) is 0 Å². The third-order valence-electron chi connectivity index (χ3n) is 4.08. The molecule has 0 aliphatic carbocycles. The molecule has 1 N–H and O–H groups in total. The van der Waals surface area contributed by atoms with Gasteiger partial charge in [-0.3, -0.25) is 4.90 Å². The number of likely N-dealkylation sites (tertiary alicyclic amines) is 1. The van der Waals surface area contributed by atoms with Crippen LogP contribution in [0.4, 0.5) is 0 Å². The molecule has 3 heteroatoms. The number of phenols is 1. The first-order valence-corrected chi connectivity index (χ1v) is 6.80. The highest BCUT2D eigenvalue weighted by Crippen LogP contribution is 2.35. The molecule has 0 bridgehead atoms. The van der Waals surface area contributed by atoms with Crippen molar-refractivity contribution in [1.29, 1.82) is 0 Å². The summed E-state index contributed by atoms with van der Waals surface area (Å²) >= 11 is 0. The van der Waals surface area contributed by atoms with Crippen LogP contribution in [-0.2, 0) is 0 Å². The van der Waals surface area contributed by atoms with E-state index in [1.807, 2.05) is 12.1 Å². The predicted octanol–water partition coefficient (Wildman–Crippen LogP) is 3.34. The van der Waals surface area contributed by atoms with Crippen LogP contribution in [0.3, 0.4) is 0 Å². The van der Waals surface area contributed by atoms with Gasteiger partial charge in [0.2, 0.25) is 0 Å². The second-order valence-corrected chi connectivity index (χ2v) is 5.04. The number of methoxy groups -OCH3 is 1. The number of hydrogen-bond acceptors (Lipinski definition) is 3. The molecular weight excluding hydrogens is 226 g/mol. The molecule has 0 spiro atoms. The lowest BCUT2D eigenvalue weighted by atomic mass is 10.0. The molecule has 0 amide bonds. The fourth-order valence-electron chi connectivity index (χ4n) is 2.99. The molecule has 18 heavy (non-hydrogen) atoms. The average Bonchev–Trinajstić information content (AvgIpc) is 2.86. The van der Waals surface area contributed by atoms with E-state index in [1.54, 1.807) is 13.2 Å². The molecule has 3 nitrogen and oxygen atoms in total. The zero-order chi connectivity index (χ0) is 13.1. The maximum Gasteiger partial charge on any atom is 0.124 e. The Kier molecular flexibility index (Phi) is 4.12. The topological polar surface area (TPSA) is 32.7 Å². The Labute approximate surface area is 109 Å². The molecule has 0 radical (unpaired) electrons. The van der Waals surface area contributed by atoms with Crippen LogP contribution in [0.2, 0.25) is 0 Å². The summed E-state index contributed by atoms with van der Waals surface area (Å²) < 4.78 is 5.12. The first kappa shape index (κ1) is 13.2. The van der Waals surface area contributed by atoms with Crippen molar-refractivity contribution >= 4 is 0 Å². The molecule has 1 aromatic carbocycles. The molecule has 0 saturated carbocycles. The number of ether oxygens (including phenoxy) is 1. The largest absolute Gasteiger partial charge is 0.507 e. The van der Waals surface area contributed by atoms with E-state index in [-0.39, 0.29) is 6.04 Å². The van der Waals surface area contributed by atoms with E-state index in [2.05, 4.69) is 18.7 Å². The summed E-state index contributed by atoms with van der Waals surface area (Å²) in [5.74, 6) is 1.04. The maximum absolute atomic E-state index is 10.1. The van der Waals surface area contributed by atoms with Gasteiger partial charge in [-0.05, 0) is 38.8 Å². The van der Waals surface area contributed by atoms with Gasteiger partial charge in [-0.1, -0.05) is 13.0 Å². The molecule has 0 aromatic heterocycles. The monoisotopic (exact) mass is 249 g/mol. The Balaban J connectivity index is 2.20. The van der Waals surface area contributed by atoms with E-state index in [9.17, 15) is 5.11 Å². The van der Waals surface area contributed by atoms with Crippen LogP contribution in [0.1, 0.15) is 44.7 Å². The normalized spacial score (nSPS) is 22.1. The number of aromatic hydroxyl groups is 1. The van der Waals surface area contributed by atoms with E-state index < -0.39 is 0 Å². The van der Waals surface area contributed by atoms with Gasteiger partial charge in [-0.25, -0.2) is 0 Å². The van der Waals surface area contributed by atoms with Crippen molar-refractivity contribution in [2.24, 2.45) is 0 Å². The van der Waals surface area contributed by atoms with Gasteiger partial charge in [0.1, 0.15) is 11.5 Å². The smallest absolute Gasteiger partial charge is 0.124 e. The second kappa shape index (κ2) is 5.61. The molecule has 2 unspecified atom stereocenters. The minimum absolute atomic E-state index is 0.267. The quantitative estimate of drug-likeness (QED) is 0.888. The van der Waals surface area contributed by atoms with Gasteiger partial charge in [0.15, 0.2) is 0 Å². The molecule has 1 fully saturated rings. The number of benzene rings is 1. The molecule has 1 heterocycles. The van der Waals surface area contributed by atoms with Crippen LogP contribution in [0.15, 0.2) is 18.2 Å². The van der Waals surface area contributed by atoms with Crippen LogP contribution in [0, 0.1) is 0 Å². The third-order valence-corrected chi connectivity index (χ3v) is 4.08. The summed E-state index contributed by atoms with van der Waals surface area (Å²) in [4.78, 5) is 2.50. The highest BCUT2D eigenvalue weighted by molar-refractivity contribution is 5.41. The maximum atomic E-state index is 10.1. The van der Waals surface area contributed by atoms with Crippen molar-refractivity contribution < 1.29 is 9.84 Å². The van der Waals surface area contributed by atoms with Crippen molar-refractivity contribution in [3.8, 4) is 11.5 Å². The van der Waals surface area contributed by atoms with Gasteiger partial charge in [0.25, 0.3) is 0 Å². The number of hydrogen-bond donors (Lipinski definition) is 1. The summed E-state index contributed by atoms with van der Waals surface area (Å²) in [6, 6.07) is 6.51. The summed E-state index contributed by atoms with van der Waals surface area (Å²) in [7, 11) is 1.62. The SMILES string of the molecule is CCC1CCCN1C(C)c1ccc(OC)cc1O. The Morgan fingerprint density at radius 3 is 2.89 bits per heavy atom. The Hall–Kier alpha value is -1.22. The summed E-state index contributed by atoms with van der Waals surface area (Å²) in [5, 5.41) is 10.1. The van der Waals surface area contributed by atoms with E-state index in [0.717, 1.165) is 12.1 Å². The molecular formula is C15H23NO2. The van der Waals surface area contributed by atoms with Crippen molar-refractivity contribution in [3.63, 3.8) is 0 Å². The summed E-state index contributed by atoms with van der Waals surface area (Å²) in [5.41, 5.74) is 0.996. The minimum atomic E-state index is 0.267. The van der Waals surface area contributed by atoms with E-state index >= 15 is 0 Å². The van der Waals surface area contributed by atoms with Gasteiger partial charge in [-0.15, -0.1) is 0 Å². The standard InChI is InChI=1S/C15H23NO2/c1-4-12-6-5-9-16(12)11(2)14-8-7-13(18-3)10-15(14)17/h7-8,10-12,17H,4-6,9H2,1-3H3. The molecule has 1 aliphatic heterocycles. The van der Waals surface area contributed by atoms with Crippen LogP contribution in [0.5, 0.6) is 11.5 Å². The van der Waals surface area contributed by atoms with Crippen molar-refractivity contribution in [1.82, 2.24) is 4.90 Å². The van der Waals surface area contributed by atoms with Crippen LogP contribution >= 0.6 is 0 Å². The molecule has 2 rings (SSSR count). The number of phenolic OH excluding ortho intramolecular Hbond substituents is 1. The van der Waals surface area contributed by atoms with Crippen LogP contribution in [-0.4, -0.2) is 29.7 Å². The van der Waals surface area contributed by atoms with Crippen molar-refractivity contribution in [3.05, 3.63) is 23.8 Å². The van der Waals surface area contributed by atoms with Gasteiger partial charge in [0, 0.05) is 23.7 Å². The van der Waals surface area contributed by atoms with Crippen molar-refractivity contribution in [2.75, 3.05) is 13.7 Å². The lowest BCUT2D eigenvalue weighted by Crippen LogP contribution is -2.31. The first-order valence-electron chi connectivity index (χ1n) is 6.80. The number of rotatable bonds is 4. The highest BCUT2D eigenvalue weighted by Gasteiger charge is 2.28. The molecule has 1 saturated heterocycles. The van der Waals surface area contributed by atoms with Gasteiger partial charge in [-0.2, -0.15) is 0 Å². The average molecular weight is 249 g/mol. The van der Waals surface area contributed by atoms with E-state index in [0.29, 0.717) is 17.5 Å². The molecule has 1 aliphatic rings.